The van der Waals surface area contributed by atoms with Crippen LogP contribution in [0, 0.1) is 11.6 Å². The number of ketones is 1. The van der Waals surface area contributed by atoms with Crippen LogP contribution in [0.1, 0.15) is 41.5 Å². The summed E-state index contributed by atoms with van der Waals surface area (Å²) < 4.78 is 94.1. The van der Waals surface area contributed by atoms with Crippen LogP contribution in [-0.2, 0) is 23.0 Å². The van der Waals surface area contributed by atoms with Crippen molar-refractivity contribution >= 4 is 33.5 Å². The molecule has 0 bridgehead atoms. The SMILES string of the molecule is C[C@@H](NS(=O)(=O)c1c(Cl)c(C(=O)Cc2ccc(F)c(F)c2)n2c1C=CCCC2)C(F)(F)F. The van der Waals surface area contributed by atoms with Crippen molar-refractivity contribution in [2.75, 3.05) is 0 Å². The number of rotatable bonds is 6. The number of nitrogens with zero attached hydrogens (tertiary/aromatic N) is 1. The zero-order valence-corrected chi connectivity index (χ0v) is 18.2. The molecule has 32 heavy (non-hydrogen) atoms. The maximum absolute atomic E-state index is 13.5. The predicted molar refractivity (Wildman–Crippen MR) is 108 cm³/mol. The van der Waals surface area contributed by atoms with Crippen LogP contribution < -0.4 is 4.72 Å². The van der Waals surface area contributed by atoms with Gasteiger partial charge in [0.15, 0.2) is 17.4 Å². The van der Waals surface area contributed by atoms with Crippen LogP contribution >= 0.6 is 11.6 Å². The van der Waals surface area contributed by atoms with Gasteiger partial charge in [-0.15, -0.1) is 0 Å². The number of carbonyl (C=O) groups excluding carboxylic acids is 1. The number of aromatic nitrogens is 1. The summed E-state index contributed by atoms with van der Waals surface area (Å²) in [5.74, 6) is -2.95. The highest BCUT2D eigenvalue weighted by Gasteiger charge is 2.41. The second kappa shape index (κ2) is 8.95. The van der Waals surface area contributed by atoms with Gasteiger partial charge in [0.05, 0.1) is 10.7 Å². The molecule has 1 atom stereocenters. The number of Topliss-reactive ketones (excluding diaryl/α,β-unsaturated/α-hetero) is 1. The summed E-state index contributed by atoms with van der Waals surface area (Å²) in [5, 5.41) is -0.527. The minimum atomic E-state index is -4.84. The Balaban J connectivity index is 2.09. The summed E-state index contributed by atoms with van der Waals surface area (Å²) in [6, 6.07) is 0.479. The average molecular weight is 497 g/mol. The third-order valence-electron chi connectivity index (χ3n) is 4.93. The highest BCUT2D eigenvalue weighted by Crippen LogP contribution is 2.36. The third-order valence-corrected chi connectivity index (χ3v) is 7.03. The highest BCUT2D eigenvalue weighted by molar-refractivity contribution is 7.89. The zero-order chi connectivity index (χ0) is 23.8. The topological polar surface area (TPSA) is 68.2 Å². The van der Waals surface area contributed by atoms with Crippen molar-refractivity contribution < 1.29 is 35.2 Å². The van der Waals surface area contributed by atoms with E-state index in [9.17, 15) is 35.2 Å². The number of benzene rings is 1. The van der Waals surface area contributed by atoms with Crippen molar-refractivity contribution in [3.05, 3.63) is 57.9 Å². The van der Waals surface area contributed by atoms with Gasteiger partial charge in [0.25, 0.3) is 0 Å². The van der Waals surface area contributed by atoms with Crippen LogP contribution in [0.25, 0.3) is 6.08 Å². The van der Waals surface area contributed by atoms with Gasteiger partial charge < -0.3 is 4.57 Å². The van der Waals surface area contributed by atoms with Crippen LogP contribution in [0.3, 0.4) is 0 Å². The van der Waals surface area contributed by atoms with Gasteiger partial charge in [-0.25, -0.2) is 17.2 Å². The molecule has 0 fully saturated rings. The van der Waals surface area contributed by atoms with Crippen LogP contribution in [-0.4, -0.2) is 31.0 Å². The number of hydrogen-bond acceptors (Lipinski definition) is 3. The molecule has 0 unspecified atom stereocenters. The molecule has 12 heteroatoms. The van der Waals surface area contributed by atoms with Crippen LogP contribution in [0.5, 0.6) is 0 Å². The Hall–Kier alpha value is -2.24. The molecule has 5 nitrogen and oxygen atoms in total. The maximum Gasteiger partial charge on any atom is 0.404 e. The van der Waals surface area contributed by atoms with Crippen molar-refractivity contribution in [1.29, 1.82) is 0 Å². The summed E-state index contributed by atoms with van der Waals surface area (Å²) in [6.45, 7) is 0.830. The fraction of sp³-hybridized carbons (Fsp3) is 0.350. The lowest BCUT2D eigenvalue weighted by atomic mass is 10.1. The van der Waals surface area contributed by atoms with E-state index >= 15 is 0 Å². The molecule has 0 amide bonds. The average Bonchev–Trinajstić information content (AvgIpc) is 2.80. The molecular weight excluding hydrogens is 479 g/mol. The van der Waals surface area contributed by atoms with Gasteiger partial charge in [-0.3, -0.25) is 4.79 Å². The second-order valence-electron chi connectivity index (χ2n) is 7.31. The zero-order valence-electron chi connectivity index (χ0n) is 16.6. The van der Waals surface area contributed by atoms with Crippen molar-refractivity contribution in [2.24, 2.45) is 0 Å². The van der Waals surface area contributed by atoms with Gasteiger partial charge in [0.1, 0.15) is 16.6 Å². The Morgan fingerprint density at radius 1 is 1.25 bits per heavy atom. The number of halogens is 6. The molecule has 0 radical (unpaired) electrons. The Bertz CT molecular complexity index is 1190. The van der Waals surface area contributed by atoms with Crippen molar-refractivity contribution in [1.82, 2.24) is 9.29 Å². The molecule has 2 heterocycles. The Morgan fingerprint density at radius 2 is 1.94 bits per heavy atom. The van der Waals surface area contributed by atoms with E-state index in [2.05, 4.69) is 0 Å². The maximum atomic E-state index is 13.5. The number of fused-ring (bicyclic) bond motifs is 1. The Labute approximate surface area is 185 Å². The molecule has 1 aromatic carbocycles. The van der Waals surface area contributed by atoms with Crippen LogP contribution in [0.15, 0.2) is 29.2 Å². The number of carbonyl (C=O) groups is 1. The molecule has 0 saturated heterocycles. The molecule has 0 aliphatic carbocycles. The third kappa shape index (κ3) is 4.89. The quantitative estimate of drug-likeness (QED) is 0.458. The lowest BCUT2D eigenvalue weighted by Gasteiger charge is -2.17. The smallest absolute Gasteiger partial charge is 0.336 e. The second-order valence-corrected chi connectivity index (χ2v) is 9.33. The molecule has 174 valence electrons. The van der Waals surface area contributed by atoms with E-state index in [1.165, 1.54) is 16.7 Å². The van der Waals surface area contributed by atoms with Gasteiger partial charge in [0, 0.05) is 13.0 Å². The van der Waals surface area contributed by atoms with Gasteiger partial charge in [0.2, 0.25) is 10.0 Å². The molecule has 1 aliphatic heterocycles. The van der Waals surface area contributed by atoms with Gasteiger partial charge in [-0.05, 0) is 43.5 Å². The van der Waals surface area contributed by atoms with E-state index in [0.717, 1.165) is 12.1 Å². The van der Waals surface area contributed by atoms with Gasteiger partial charge in [-0.1, -0.05) is 23.7 Å². The molecule has 3 rings (SSSR count). The molecule has 1 N–H and O–H groups in total. The van der Waals surface area contributed by atoms with Gasteiger partial charge in [-0.2, -0.15) is 17.9 Å². The highest BCUT2D eigenvalue weighted by atomic mass is 35.5. The standard InChI is InChI=1S/C20H18ClF5N2O3S/c1-11(20(24,25)26)27-32(30,31)19-15-5-3-2-4-8-28(15)18(17(19)21)16(29)10-12-6-7-13(22)14(23)9-12/h3,5-7,9,11,27H,2,4,8,10H2,1H3/t11-/m1/s1. The van der Waals surface area contributed by atoms with Crippen molar-refractivity contribution in [2.45, 2.75) is 49.8 Å². The predicted octanol–water partition coefficient (Wildman–Crippen LogP) is 4.88. The van der Waals surface area contributed by atoms with Crippen LogP contribution in [0.2, 0.25) is 5.02 Å². The number of alkyl halides is 3. The molecule has 0 spiro atoms. The monoisotopic (exact) mass is 496 g/mol. The summed E-state index contributed by atoms with van der Waals surface area (Å²) in [5.41, 5.74) is -0.126. The minimum absolute atomic E-state index is 0.0250. The normalized spacial score (nSPS) is 15.3. The summed E-state index contributed by atoms with van der Waals surface area (Å²) in [7, 11) is -4.76. The van der Waals surface area contributed by atoms with Crippen LogP contribution in [0.4, 0.5) is 22.0 Å². The van der Waals surface area contributed by atoms with E-state index in [4.69, 9.17) is 11.6 Å². The number of nitrogens with one attached hydrogen (secondary N) is 1. The van der Waals surface area contributed by atoms with Gasteiger partial charge >= 0.3 is 6.18 Å². The minimum Gasteiger partial charge on any atom is -0.336 e. The van der Waals surface area contributed by atoms with Crippen molar-refractivity contribution in [3.63, 3.8) is 0 Å². The van der Waals surface area contributed by atoms with Crippen molar-refractivity contribution in [3.8, 4) is 0 Å². The largest absolute Gasteiger partial charge is 0.404 e. The Kier molecular flexibility index (Phi) is 6.83. The molecule has 0 saturated carbocycles. The summed E-state index contributed by atoms with van der Waals surface area (Å²) in [6.07, 6.45) is -1.17. The van der Waals surface area contributed by atoms with E-state index < -0.39 is 56.0 Å². The van der Waals surface area contributed by atoms with E-state index in [0.29, 0.717) is 19.8 Å². The summed E-state index contributed by atoms with van der Waals surface area (Å²) in [4.78, 5) is 12.4. The summed E-state index contributed by atoms with van der Waals surface area (Å²) >= 11 is 6.26. The lowest BCUT2D eigenvalue weighted by molar-refractivity contribution is -0.147. The molecule has 1 aliphatic rings. The fourth-order valence-electron chi connectivity index (χ4n) is 3.35. The first kappa shape index (κ1) is 24.4. The van der Waals surface area contributed by atoms with E-state index in [1.807, 2.05) is 0 Å². The molecular formula is C20H18ClF5N2O3S. The van der Waals surface area contributed by atoms with E-state index in [-0.39, 0.29) is 23.5 Å². The number of sulfonamides is 1. The lowest BCUT2D eigenvalue weighted by Crippen LogP contribution is -2.43. The number of allylic oxidation sites excluding steroid dienone is 1. The van der Waals surface area contributed by atoms with E-state index in [1.54, 1.807) is 10.8 Å². The first-order valence-corrected chi connectivity index (χ1v) is 11.3. The first-order chi connectivity index (χ1) is 14.8. The number of hydrogen-bond donors (Lipinski definition) is 1. The molecule has 2 aromatic rings. The fourth-order valence-corrected chi connectivity index (χ4v) is 5.46. The molecule has 1 aromatic heterocycles. The first-order valence-electron chi connectivity index (χ1n) is 9.47. The Morgan fingerprint density at radius 3 is 2.56 bits per heavy atom.